The second-order valence-electron chi connectivity index (χ2n) is 6.76. The summed E-state index contributed by atoms with van der Waals surface area (Å²) in [6.07, 6.45) is 8.30. The van der Waals surface area contributed by atoms with Crippen molar-refractivity contribution in [3.63, 3.8) is 0 Å². The molecule has 4 heteroatoms. The van der Waals surface area contributed by atoms with Gasteiger partial charge in [-0.25, -0.2) is 4.98 Å². The van der Waals surface area contributed by atoms with Crippen LogP contribution in [0.1, 0.15) is 70.0 Å². The Labute approximate surface area is 127 Å². The molecule has 114 valence electrons. The van der Waals surface area contributed by atoms with E-state index in [2.05, 4.69) is 36.5 Å². The summed E-state index contributed by atoms with van der Waals surface area (Å²) in [5, 5.41) is 6.76. The normalized spacial score (nSPS) is 18.1. The second kappa shape index (κ2) is 7.53. The number of aromatic nitrogens is 1. The molecule has 0 radical (unpaired) electrons. The molecule has 2 rings (SSSR count). The largest absolute Gasteiger partial charge is 0.372 e. The summed E-state index contributed by atoms with van der Waals surface area (Å²) in [5.41, 5.74) is 1.23. The zero-order valence-electron chi connectivity index (χ0n) is 13.1. The number of hydrogen-bond donors (Lipinski definition) is 1. The van der Waals surface area contributed by atoms with Crippen molar-refractivity contribution in [1.29, 1.82) is 0 Å². The number of ether oxygens (including phenoxy) is 1. The number of hydrogen-bond acceptors (Lipinski definition) is 4. The lowest BCUT2D eigenvalue weighted by Crippen LogP contribution is -2.35. The zero-order chi connectivity index (χ0) is 14.4. The minimum atomic E-state index is 0.142. The molecule has 1 N–H and O–H groups in total. The number of nitrogens with zero attached hydrogens (tertiary/aromatic N) is 1. The molecule has 0 atom stereocenters. The third-order valence-corrected chi connectivity index (χ3v) is 4.54. The second-order valence-corrected chi connectivity index (χ2v) is 7.70. The maximum atomic E-state index is 6.03. The summed E-state index contributed by atoms with van der Waals surface area (Å²) in [5.74, 6) is 0. The molecule has 0 unspecified atom stereocenters. The first-order valence-electron chi connectivity index (χ1n) is 7.83. The molecule has 20 heavy (non-hydrogen) atoms. The molecule has 1 aromatic rings. The van der Waals surface area contributed by atoms with Crippen molar-refractivity contribution in [2.75, 3.05) is 0 Å². The van der Waals surface area contributed by atoms with Crippen molar-refractivity contribution in [3.8, 4) is 0 Å². The van der Waals surface area contributed by atoms with Gasteiger partial charge in [0.05, 0.1) is 18.4 Å². The lowest BCUT2D eigenvalue weighted by atomic mass is 10.1. The molecule has 1 aliphatic carbocycles. The Balaban J connectivity index is 1.74. The number of nitrogens with one attached hydrogen (secondary N) is 1. The standard InChI is InChI=1S/C16H28N2OS/c1-16(2,3)17-10-15-18-13(12-20-15)11-19-14-8-6-4-5-7-9-14/h12,14,17H,4-11H2,1-3H3. The van der Waals surface area contributed by atoms with Gasteiger partial charge < -0.3 is 10.1 Å². The Hall–Kier alpha value is -0.450. The molecule has 1 heterocycles. The van der Waals surface area contributed by atoms with Crippen molar-refractivity contribution in [2.45, 2.75) is 84.1 Å². The highest BCUT2D eigenvalue weighted by molar-refractivity contribution is 7.09. The van der Waals surface area contributed by atoms with Crippen LogP contribution in [0.25, 0.3) is 0 Å². The van der Waals surface area contributed by atoms with Crippen molar-refractivity contribution < 1.29 is 4.74 Å². The zero-order valence-corrected chi connectivity index (χ0v) is 13.9. The van der Waals surface area contributed by atoms with Gasteiger partial charge in [0, 0.05) is 17.5 Å². The maximum absolute atomic E-state index is 6.03. The minimum absolute atomic E-state index is 0.142. The van der Waals surface area contributed by atoms with E-state index >= 15 is 0 Å². The number of rotatable bonds is 5. The molecule has 0 amide bonds. The van der Waals surface area contributed by atoms with E-state index in [4.69, 9.17) is 4.74 Å². The van der Waals surface area contributed by atoms with Gasteiger partial charge in [0.1, 0.15) is 5.01 Å². The lowest BCUT2D eigenvalue weighted by Gasteiger charge is -2.19. The van der Waals surface area contributed by atoms with E-state index in [0.717, 1.165) is 17.2 Å². The smallest absolute Gasteiger partial charge is 0.107 e. The summed E-state index contributed by atoms with van der Waals surface area (Å²) in [4.78, 5) is 4.65. The van der Waals surface area contributed by atoms with Gasteiger partial charge in [-0.1, -0.05) is 25.7 Å². The van der Waals surface area contributed by atoms with E-state index in [1.54, 1.807) is 11.3 Å². The number of thiazole rings is 1. The van der Waals surface area contributed by atoms with Crippen molar-refractivity contribution >= 4 is 11.3 Å². The summed E-state index contributed by atoms with van der Waals surface area (Å²) in [6.45, 7) is 8.05. The molecule has 0 saturated heterocycles. The van der Waals surface area contributed by atoms with Gasteiger partial charge in [0.15, 0.2) is 0 Å². The third kappa shape index (κ3) is 5.90. The minimum Gasteiger partial charge on any atom is -0.372 e. The van der Waals surface area contributed by atoms with Gasteiger partial charge >= 0.3 is 0 Å². The third-order valence-electron chi connectivity index (χ3n) is 3.64. The predicted octanol–water partition coefficient (Wildman–Crippen LogP) is 4.27. The first kappa shape index (κ1) is 15.9. The van der Waals surface area contributed by atoms with Crippen LogP contribution in [0.3, 0.4) is 0 Å². The Morgan fingerprint density at radius 2 is 1.95 bits per heavy atom. The summed E-state index contributed by atoms with van der Waals surface area (Å²) in [6, 6.07) is 0. The molecule has 0 bridgehead atoms. The lowest BCUT2D eigenvalue weighted by molar-refractivity contribution is 0.0294. The van der Waals surface area contributed by atoms with Crippen LogP contribution >= 0.6 is 11.3 Å². The van der Waals surface area contributed by atoms with Crippen molar-refractivity contribution in [2.24, 2.45) is 0 Å². The van der Waals surface area contributed by atoms with Crippen LogP contribution < -0.4 is 5.32 Å². The SMILES string of the molecule is CC(C)(C)NCc1nc(COC2CCCCCC2)cs1. The van der Waals surface area contributed by atoms with Crippen LogP contribution in [0, 0.1) is 0 Å². The van der Waals surface area contributed by atoms with Gasteiger partial charge in [-0.2, -0.15) is 0 Å². The fraction of sp³-hybridized carbons (Fsp3) is 0.812. The van der Waals surface area contributed by atoms with E-state index in [-0.39, 0.29) is 5.54 Å². The van der Waals surface area contributed by atoms with Gasteiger partial charge in [-0.15, -0.1) is 11.3 Å². The molecule has 0 aromatic carbocycles. The highest BCUT2D eigenvalue weighted by Crippen LogP contribution is 2.21. The first-order valence-corrected chi connectivity index (χ1v) is 8.71. The molecular weight excluding hydrogens is 268 g/mol. The monoisotopic (exact) mass is 296 g/mol. The average Bonchev–Trinajstić information content (AvgIpc) is 2.68. The van der Waals surface area contributed by atoms with Crippen molar-refractivity contribution in [1.82, 2.24) is 10.3 Å². The van der Waals surface area contributed by atoms with E-state index in [1.807, 2.05) is 0 Å². The van der Waals surface area contributed by atoms with E-state index < -0.39 is 0 Å². The van der Waals surface area contributed by atoms with E-state index in [0.29, 0.717) is 12.7 Å². The Morgan fingerprint density at radius 3 is 2.60 bits per heavy atom. The molecule has 0 aliphatic heterocycles. The van der Waals surface area contributed by atoms with E-state index in [1.165, 1.54) is 38.5 Å². The fourth-order valence-electron chi connectivity index (χ4n) is 2.45. The highest BCUT2D eigenvalue weighted by Gasteiger charge is 2.14. The fourth-order valence-corrected chi connectivity index (χ4v) is 3.17. The van der Waals surface area contributed by atoms with Crippen LogP contribution in [0.5, 0.6) is 0 Å². The Bertz CT molecular complexity index is 389. The van der Waals surface area contributed by atoms with Gasteiger partial charge in [0.2, 0.25) is 0 Å². The highest BCUT2D eigenvalue weighted by atomic mass is 32.1. The molecule has 1 fully saturated rings. The molecule has 1 saturated carbocycles. The Kier molecular flexibility index (Phi) is 6.00. The summed E-state index contributed by atoms with van der Waals surface area (Å²) in [7, 11) is 0. The van der Waals surface area contributed by atoms with Crippen LogP contribution in [-0.2, 0) is 17.9 Å². The average molecular weight is 296 g/mol. The van der Waals surface area contributed by atoms with Crippen LogP contribution in [-0.4, -0.2) is 16.6 Å². The molecular formula is C16H28N2OS. The van der Waals surface area contributed by atoms with Crippen molar-refractivity contribution in [3.05, 3.63) is 16.1 Å². The van der Waals surface area contributed by atoms with E-state index in [9.17, 15) is 0 Å². The molecule has 3 nitrogen and oxygen atoms in total. The summed E-state index contributed by atoms with van der Waals surface area (Å²) < 4.78 is 6.03. The molecule has 1 aromatic heterocycles. The van der Waals surface area contributed by atoms with Crippen LogP contribution in [0.15, 0.2) is 5.38 Å². The van der Waals surface area contributed by atoms with Crippen LogP contribution in [0.4, 0.5) is 0 Å². The van der Waals surface area contributed by atoms with Gasteiger partial charge in [-0.3, -0.25) is 0 Å². The van der Waals surface area contributed by atoms with Crippen LogP contribution in [0.2, 0.25) is 0 Å². The summed E-state index contributed by atoms with van der Waals surface area (Å²) >= 11 is 1.73. The predicted molar refractivity (Wildman–Crippen MR) is 85.0 cm³/mol. The molecule has 0 spiro atoms. The topological polar surface area (TPSA) is 34.2 Å². The Morgan fingerprint density at radius 1 is 1.25 bits per heavy atom. The molecule has 1 aliphatic rings. The van der Waals surface area contributed by atoms with Gasteiger partial charge in [-0.05, 0) is 33.6 Å². The first-order chi connectivity index (χ1) is 9.53. The maximum Gasteiger partial charge on any atom is 0.107 e. The quantitative estimate of drug-likeness (QED) is 0.824. The van der Waals surface area contributed by atoms with Gasteiger partial charge in [0.25, 0.3) is 0 Å².